The van der Waals surface area contributed by atoms with Crippen LogP contribution < -0.4 is 0 Å². The Morgan fingerprint density at radius 3 is 2.08 bits per heavy atom. The summed E-state index contributed by atoms with van der Waals surface area (Å²) in [5.41, 5.74) is 1.96. The lowest BCUT2D eigenvalue weighted by Gasteiger charge is -1.97. The standard InChI is InChI=1S/C8H13N3S/c1-6-5-7(2)10-8(9-6)11-12(3)4/h5H,1-4H3. The largest absolute Gasteiger partial charge is 0.255 e. The maximum Gasteiger partial charge on any atom is 0.255 e. The van der Waals surface area contributed by atoms with E-state index in [1.807, 2.05) is 32.4 Å². The molecule has 0 aliphatic rings. The third-order valence-corrected chi connectivity index (χ3v) is 1.76. The van der Waals surface area contributed by atoms with Crippen LogP contribution in [0.5, 0.6) is 0 Å². The summed E-state index contributed by atoms with van der Waals surface area (Å²) < 4.78 is 4.29. The summed E-state index contributed by atoms with van der Waals surface area (Å²) in [4.78, 5) is 8.41. The first kappa shape index (κ1) is 9.32. The second-order valence-electron chi connectivity index (χ2n) is 2.82. The first-order chi connectivity index (χ1) is 5.58. The predicted octanol–water partition coefficient (Wildman–Crippen LogP) is 1.79. The Morgan fingerprint density at radius 1 is 1.17 bits per heavy atom. The van der Waals surface area contributed by atoms with E-state index in [-0.39, 0.29) is 10.7 Å². The first-order valence-electron chi connectivity index (χ1n) is 3.69. The molecule has 1 rings (SSSR count). The van der Waals surface area contributed by atoms with E-state index in [4.69, 9.17) is 0 Å². The lowest BCUT2D eigenvalue weighted by molar-refractivity contribution is 1.05. The highest BCUT2D eigenvalue weighted by molar-refractivity contribution is 7.85. The van der Waals surface area contributed by atoms with Gasteiger partial charge in [0.25, 0.3) is 5.95 Å². The molecule has 0 radical (unpaired) electrons. The van der Waals surface area contributed by atoms with Crippen LogP contribution in [-0.2, 0) is 10.7 Å². The van der Waals surface area contributed by atoms with Crippen molar-refractivity contribution in [1.29, 1.82) is 0 Å². The van der Waals surface area contributed by atoms with Gasteiger partial charge in [-0.25, -0.2) is 9.97 Å². The monoisotopic (exact) mass is 183 g/mol. The van der Waals surface area contributed by atoms with Crippen molar-refractivity contribution in [3.63, 3.8) is 0 Å². The fourth-order valence-corrected chi connectivity index (χ4v) is 1.32. The van der Waals surface area contributed by atoms with E-state index in [9.17, 15) is 0 Å². The number of rotatable bonds is 1. The van der Waals surface area contributed by atoms with Crippen molar-refractivity contribution in [3.8, 4) is 0 Å². The highest BCUT2D eigenvalue weighted by Gasteiger charge is 1.95. The minimum atomic E-state index is 0.0169. The zero-order valence-corrected chi connectivity index (χ0v) is 8.64. The van der Waals surface area contributed by atoms with E-state index in [0.717, 1.165) is 11.4 Å². The SMILES string of the molecule is Cc1cc(C)nc(N=S(C)C)n1. The molecule has 4 heteroatoms. The van der Waals surface area contributed by atoms with Gasteiger partial charge in [0.1, 0.15) is 0 Å². The van der Waals surface area contributed by atoms with Gasteiger partial charge in [-0.3, -0.25) is 0 Å². The molecule has 0 unspecified atom stereocenters. The van der Waals surface area contributed by atoms with E-state index >= 15 is 0 Å². The highest BCUT2D eigenvalue weighted by Crippen LogP contribution is 2.07. The van der Waals surface area contributed by atoms with Gasteiger partial charge >= 0.3 is 0 Å². The van der Waals surface area contributed by atoms with Crippen LogP contribution in [0.3, 0.4) is 0 Å². The summed E-state index contributed by atoms with van der Waals surface area (Å²) in [6, 6.07) is 1.95. The summed E-state index contributed by atoms with van der Waals surface area (Å²) >= 11 is 0. The molecular formula is C8H13N3S. The zero-order valence-electron chi connectivity index (χ0n) is 7.83. The van der Waals surface area contributed by atoms with Gasteiger partial charge in [-0.1, -0.05) is 10.7 Å². The normalized spacial score (nSPS) is 10.4. The molecule has 12 heavy (non-hydrogen) atoms. The molecule has 0 aliphatic carbocycles. The van der Waals surface area contributed by atoms with Crippen LogP contribution >= 0.6 is 0 Å². The Bertz CT molecular complexity index is 296. The van der Waals surface area contributed by atoms with Crippen molar-refractivity contribution in [2.75, 3.05) is 12.5 Å². The summed E-state index contributed by atoms with van der Waals surface area (Å²) in [6.45, 7) is 3.91. The average Bonchev–Trinajstić information content (AvgIpc) is 1.81. The van der Waals surface area contributed by atoms with Gasteiger partial charge in [-0.15, -0.1) is 0 Å². The number of hydrogen-bond acceptors (Lipinski definition) is 3. The van der Waals surface area contributed by atoms with Crippen molar-refractivity contribution < 1.29 is 0 Å². The van der Waals surface area contributed by atoms with Crippen LogP contribution in [0.1, 0.15) is 11.4 Å². The Hall–Kier alpha value is -0.770. The molecule has 0 amide bonds. The Kier molecular flexibility index (Phi) is 2.92. The van der Waals surface area contributed by atoms with Gasteiger partial charge in [-0.2, -0.15) is 4.36 Å². The molecule has 0 N–H and O–H groups in total. The van der Waals surface area contributed by atoms with Crippen LogP contribution in [0, 0.1) is 13.8 Å². The number of aryl methyl sites for hydroxylation is 2. The number of aromatic nitrogens is 2. The summed E-state index contributed by atoms with van der Waals surface area (Å²) in [7, 11) is 0.0169. The average molecular weight is 183 g/mol. The fraction of sp³-hybridized carbons (Fsp3) is 0.500. The van der Waals surface area contributed by atoms with Crippen LogP contribution in [-0.4, -0.2) is 22.5 Å². The van der Waals surface area contributed by atoms with E-state index in [1.54, 1.807) is 0 Å². The van der Waals surface area contributed by atoms with Crippen molar-refractivity contribution in [1.82, 2.24) is 9.97 Å². The Balaban J connectivity index is 3.09. The second-order valence-corrected chi connectivity index (χ2v) is 4.54. The predicted molar refractivity (Wildman–Crippen MR) is 52.8 cm³/mol. The molecule has 0 aliphatic heterocycles. The molecule has 1 heterocycles. The van der Waals surface area contributed by atoms with Crippen LogP contribution in [0.15, 0.2) is 10.4 Å². The third-order valence-electron chi connectivity index (χ3n) is 1.23. The first-order valence-corrected chi connectivity index (χ1v) is 5.69. The number of hydrogen-bond donors (Lipinski definition) is 0. The minimum Gasteiger partial charge on any atom is -0.216 e. The molecule has 0 atom stereocenters. The van der Waals surface area contributed by atoms with Crippen molar-refractivity contribution in [2.24, 2.45) is 4.36 Å². The van der Waals surface area contributed by atoms with Crippen molar-refractivity contribution >= 4 is 16.6 Å². The summed E-state index contributed by atoms with van der Waals surface area (Å²) in [6.07, 6.45) is 4.09. The second kappa shape index (κ2) is 3.76. The number of nitrogens with zero attached hydrogens (tertiary/aromatic N) is 3. The fourth-order valence-electron chi connectivity index (χ4n) is 0.911. The summed E-state index contributed by atoms with van der Waals surface area (Å²) in [5, 5.41) is 0. The molecule has 3 nitrogen and oxygen atoms in total. The van der Waals surface area contributed by atoms with E-state index in [1.165, 1.54) is 0 Å². The van der Waals surface area contributed by atoms with Crippen LogP contribution in [0.4, 0.5) is 5.95 Å². The van der Waals surface area contributed by atoms with Gasteiger partial charge in [0.05, 0.1) is 0 Å². The third kappa shape index (κ3) is 2.70. The van der Waals surface area contributed by atoms with Crippen molar-refractivity contribution in [2.45, 2.75) is 13.8 Å². The molecule has 0 aromatic carbocycles. The van der Waals surface area contributed by atoms with Crippen molar-refractivity contribution in [3.05, 3.63) is 17.5 Å². The molecule has 0 spiro atoms. The molecular weight excluding hydrogens is 170 g/mol. The highest BCUT2D eigenvalue weighted by atomic mass is 32.2. The smallest absolute Gasteiger partial charge is 0.216 e. The van der Waals surface area contributed by atoms with Gasteiger partial charge in [-0.05, 0) is 32.4 Å². The maximum atomic E-state index is 4.29. The van der Waals surface area contributed by atoms with E-state index in [2.05, 4.69) is 14.3 Å². The van der Waals surface area contributed by atoms with Gasteiger partial charge in [0.2, 0.25) is 0 Å². The van der Waals surface area contributed by atoms with E-state index in [0.29, 0.717) is 5.95 Å². The molecule has 0 saturated carbocycles. The minimum absolute atomic E-state index is 0.0169. The summed E-state index contributed by atoms with van der Waals surface area (Å²) in [5.74, 6) is 0.612. The van der Waals surface area contributed by atoms with Crippen LogP contribution in [0.25, 0.3) is 0 Å². The molecule has 0 saturated heterocycles. The van der Waals surface area contributed by atoms with Gasteiger partial charge < -0.3 is 0 Å². The molecule has 1 aromatic heterocycles. The Morgan fingerprint density at radius 2 is 1.67 bits per heavy atom. The topological polar surface area (TPSA) is 38.1 Å². The van der Waals surface area contributed by atoms with Gasteiger partial charge in [0, 0.05) is 11.4 Å². The quantitative estimate of drug-likeness (QED) is 0.665. The van der Waals surface area contributed by atoms with Crippen LogP contribution in [0.2, 0.25) is 0 Å². The van der Waals surface area contributed by atoms with Gasteiger partial charge in [0.15, 0.2) is 0 Å². The Labute approximate surface area is 75.4 Å². The molecule has 66 valence electrons. The maximum absolute atomic E-state index is 4.29. The zero-order chi connectivity index (χ0) is 9.14. The lowest BCUT2D eigenvalue weighted by Crippen LogP contribution is -1.90. The molecule has 0 bridgehead atoms. The van der Waals surface area contributed by atoms with E-state index < -0.39 is 0 Å². The molecule has 0 fully saturated rings. The molecule has 1 aromatic rings. The lowest BCUT2D eigenvalue weighted by atomic mass is 10.4.